The van der Waals surface area contributed by atoms with Gasteiger partial charge in [0.15, 0.2) is 0 Å². The molecule has 0 bridgehead atoms. The molecule has 156 valence electrons. The van der Waals surface area contributed by atoms with Crippen molar-refractivity contribution in [1.82, 2.24) is 9.80 Å². The van der Waals surface area contributed by atoms with Crippen molar-refractivity contribution in [3.8, 4) is 5.75 Å². The van der Waals surface area contributed by atoms with E-state index < -0.39 is 0 Å². The molecule has 2 amide bonds. The Bertz CT molecular complexity index is 952. The van der Waals surface area contributed by atoms with E-state index in [2.05, 4.69) is 0 Å². The Morgan fingerprint density at radius 2 is 1.83 bits per heavy atom. The summed E-state index contributed by atoms with van der Waals surface area (Å²) in [4.78, 5) is 28.0. The van der Waals surface area contributed by atoms with E-state index in [4.69, 9.17) is 13.9 Å². The average molecular weight is 400 g/mol. The topological polar surface area (TPSA) is 72.2 Å². The van der Waals surface area contributed by atoms with E-state index in [1.54, 1.807) is 36.2 Å². The first-order chi connectivity index (χ1) is 13.9. The van der Waals surface area contributed by atoms with Gasteiger partial charge in [-0.15, -0.1) is 0 Å². The molecule has 1 aliphatic rings. The minimum Gasteiger partial charge on any atom is -0.496 e. The maximum atomic E-state index is 12.8. The average Bonchev–Trinajstić information content (AvgIpc) is 3.09. The van der Waals surface area contributed by atoms with Crippen molar-refractivity contribution in [3.63, 3.8) is 0 Å². The van der Waals surface area contributed by atoms with Crippen molar-refractivity contribution < 1.29 is 23.5 Å². The third-order valence-corrected chi connectivity index (χ3v) is 5.32. The zero-order chi connectivity index (χ0) is 21.1. The molecule has 1 aromatic carbocycles. The molecule has 1 aliphatic heterocycles. The maximum Gasteiger partial charge on any atom is 0.409 e. The van der Waals surface area contributed by atoms with Gasteiger partial charge >= 0.3 is 6.09 Å². The Kier molecular flexibility index (Phi) is 6.15. The van der Waals surface area contributed by atoms with Crippen LogP contribution in [0.25, 0.3) is 16.5 Å². The van der Waals surface area contributed by atoms with Gasteiger partial charge in [0.25, 0.3) is 0 Å². The summed E-state index contributed by atoms with van der Waals surface area (Å²) in [6, 6.07) is 2.01. The van der Waals surface area contributed by atoms with Gasteiger partial charge in [0.05, 0.1) is 20.0 Å². The molecule has 3 rings (SSSR count). The first-order valence-electron chi connectivity index (χ1n) is 9.82. The Hall–Kier alpha value is -2.96. The molecule has 0 saturated carbocycles. The lowest BCUT2D eigenvalue weighted by molar-refractivity contribution is -0.127. The van der Waals surface area contributed by atoms with Gasteiger partial charge in [-0.05, 0) is 44.9 Å². The van der Waals surface area contributed by atoms with Gasteiger partial charge < -0.3 is 23.7 Å². The number of rotatable bonds is 4. The van der Waals surface area contributed by atoms with Crippen LogP contribution in [-0.4, -0.2) is 61.7 Å². The summed E-state index contributed by atoms with van der Waals surface area (Å²) in [5.41, 5.74) is 4.46. The molecule has 2 heterocycles. The standard InChI is InChI=1S/C22H28N2O5/c1-6-28-22(26)24-9-7-23(8-10-24)19(25)11-14(2)17-12-18-15(3)13-29-21(18)16(4)20(17)27-5/h11-13H,6-10H2,1-5H3/b14-11+. The van der Waals surface area contributed by atoms with Crippen LogP contribution in [0.3, 0.4) is 0 Å². The Balaban J connectivity index is 1.80. The van der Waals surface area contributed by atoms with Gasteiger partial charge in [0.1, 0.15) is 11.3 Å². The molecule has 0 radical (unpaired) electrons. The predicted molar refractivity (Wildman–Crippen MR) is 111 cm³/mol. The van der Waals surface area contributed by atoms with Crippen LogP contribution < -0.4 is 4.74 Å². The largest absolute Gasteiger partial charge is 0.496 e. The number of allylic oxidation sites excluding steroid dienone is 1. The van der Waals surface area contributed by atoms with Crippen LogP contribution in [0, 0.1) is 13.8 Å². The minimum absolute atomic E-state index is 0.0743. The molecule has 1 saturated heterocycles. The van der Waals surface area contributed by atoms with Crippen LogP contribution in [0.1, 0.15) is 30.5 Å². The Morgan fingerprint density at radius 3 is 2.45 bits per heavy atom. The molecule has 29 heavy (non-hydrogen) atoms. The van der Waals surface area contributed by atoms with Crippen LogP contribution in [0.15, 0.2) is 22.8 Å². The number of nitrogens with zero attached hydrogens (tertiary/aromatic N) is 2. The van der Waals surface area contributed by atoms with E-state index in [9.17, 15) is 9.59 Å². The second-order valence-corrected chi connectivity index (χ2v) is 7.22. The van der Waals surface area contributed by atoms with Gasteiger partial charge in [0.2, 0.25) is 5.91 Å². The number of carbonyl (C=O) groups is 2. The van der Waals surface area contributed by atoms with E-state index in [1.807, 2.05) is 26.8 Å². The highest BCUT2D eigenvalue weighted by Gasteiger charge is 2.24. The number of benzene rings is 1. The van der Waals surface area contributed by atoms with Crippen molar-refractivity contribution in [2.45, 2.75) is 27.7 Å². The molecule has 1 fully saturated rings. The number of hydrogen-bond donors (Lipinski definition) is 0. The van der Waals surface area contributed by atoms with Gasteiger partial charge in [-0.3, -0.25) is 4.79 Å². The summed E-state index contributed by atoms with van der Waals surface area (Å²) in [6.07, 6.45) is 3.04. The third-order valence-electron chi connectivity index (χ3n) is 5.32. The zero-order valence-electron chi connectivity index (χ0n) is 17.7. The van der Waals surface area contributed by atoms with Crippen LogP contribution in [-0.2, 0) is 9.53 Å². The fourth-order valence-electron chi connectivity index (χ4n) is 3.67. The second kappa shape index (κ2) is 8.59. The maximum absolute atomic E-state index is 12.8. The summed E-state index contributed by atoms with van der Waals surface area (Å²) in [6.45, 7) is 9.90. The number of fused-ring (bicyclic) bond motifs is 1. The number of aryl methyl sites for hydroxylation is 2. The highest BCUT2D eigenvalue weighted by Crippen LogP contribution is 2.37. The molecule has 0 spiro atoms. The summed E-state index contributed by atoms with van der Waals surface area (Å²) in [5.74, 6) is 0.634. The van der Waals surface area contributed by atoms with Crippen LogP contribution >= 0.6 is 0 Å². The van der Waals surface area contributed by atoms with Gasteiger partial charge in [-0.1, -0.05) is 0 Å². The monoisotopic (exact) mass is 400 g/mol. The number of piperazine rings is 1. The summed E-state index contributed by atoms with van der Waals surface area (Å²) in [5, 5.41) is 1.02. The lowest BCUT2D eigenvalue weighted by atomic mass is 9.98. The number of methoxy groups -OCH3 is 1. The Labute approximate surface area is 170 Å². The van der Waals surface area contributed by atoms with Crippen LogP contribution in [0.2, 0.25) is 0 Å². The van der Waals surface area contributed by atoms with Crippen molar-refractivity contribution in [2.24, 2.45) is 0 Å². The van der Waals surface area contributed by atoms with Crippen molar-refractivity contribution in [2.75, 3.05) is 39.9 Å². The minimum atomic E-state index is -0.324. The number of furan rings is 1. The van der Waals surface area contributed by atoms with Gasteiger partial charge in [0, 0.05) is 48.8 Å². The van der Waals surface area contributed by atoms with E-state index in [-0.39, 0.29) is 12.0 Å². The zero-order valence-corrected chi connectivity index (χ0v) is 17.7. The van der Waals surface area contributed by atoms with E-state index in [1.165, 1.54) is 0 Å². The molecule has 7 nitrogen and oxygen atoms in total. The quantitative estimate of drug-likeness (QED) is 0.731. The molecule has 0 atom stereocenters. The van der Waals surface area contributed by atoms with Gasteiger partial charge in [-0.2, -0.15) is 0 Å². The second-order valence-electron chi connectivity index (χ2n) is 7.22. The molecule has 1 aromatic heterocycles. The van der Waals surface area contributed by atoms with E-state index >= 15 is 0 Å². The molecule has 0 unspecified atom stereocenters. The van der Waals surface area contributed by atoms with Crippen molar-refractivity contribution >= 4 is 28.5 Å². The fraction of sp³-hybridized carbons (Fsp3) is 0.455. The SMILES string of the molecule is CCOC(=O)N1CCN(C(=O)/C=C(\C)c2cc3c(C)coc3c(C)c2OC)CC1. The Morgan fingerprint density at radius 1 is 1.17 bits per heavy atom. The summed E-state index contributed by atoms with van der Waals surface area (Å²) < 4.78 is 16.3. The normalized spacial score (nSPS) is 15.0. The molecular weight excluding hydrogens is 372 g/mol. The number of amides is 2. The summed E-state index contributed by atoms with van der Waals surface area (Å²) >= 11 is 0. The predicted octanol–water partition coefficient (Wildman–Crippen LogP) is 3.76. The fourth-order valence-corrected chi connectivity index (χ4v) is 3.67. The lowest BCUT2D eigenvalue weighted by Crippen LogP contribution is -2.50. The van der Waals surface area contributed by atoms with Crippen molar-refractivity contribution in [3.05, 3.63) is 35.1 Å². The van der Waals surface area contributed by atoms with E-state index in [0.717, 1.165) is 33.2 Å². The molecule has 0 N–H and O–H groups in total. The molecule has 0 aliphatic carbocycles. The summed E-state index contributed by atoms with van der Waals surface area (Å²) in [7, 11) is 1.62. The van der Waals surface area contributed by atoms with Crippen LogP contribution in [0.5, 0.6) is 5.75 Å². The van der Waals surface area contributed by atoms with Crippen molar-refractivity contribution in [1.29, 1.82) is 0 Å². The highest BCUT2D eigenvalue weighted by molar-refractivity contribution is 5.98. The first kappa shape index (κ1) is 20.8. The smallest absolute Gasteiger partial charge is 0.409 e. The molecule has 2 aromatic rings. The third kappa shape index (κ3) is 4.09. The van der Waals surface area contributed by atoms with Crippen LogP contribution in [0.4, 0.5) is 4.79 Å². The molecule has 7 heteroatoms. The number of hydrogen-bond acceptors (Lipinski definition) is 5. The molecular formula is C22H28N2O5. The van der Waals surface area contributed by atoms with E-state index in [0.29, 0.717) is 38.5 Å². The first-order valence-corrected chi connectivity index (χ1v) is 9.82. The number of carbonyl (C=O) groups excluding carboxylic acids is 2. The van der Waals surface area contributed by atoms with Gasteiger partial charge in [-0.25, -0.2) is 4.79 Å². The lowest BCUT2D eigenvalue weighted by Gasteiger charge is -2.33. The number of ether oxygens (including phenoxy) is 2. The highest BCUT2D eigenvalue weighted by atomic mass is 16.6.